The van der Waals surface area contributed by atoms with Gasteiger partial charge in [0.15, 0.2) is 0 Å². The zero-order valence-electron chi connectivity index (χ0n) is 22.0. The highest BCUT2D eigenvalue weighted by molar-refractivity contribution is 5.88. The predicted molar refractivity (Wildman–Crippen MR) is 140 cm³/mol. The number of halogens is 2. The molecule has 2 unspecified atom stereocenters. The van der Waals surface area contributed by atoms with Crippen LogP contribution in [0.1, 0.15) is 56.0 Å². The summed E-state index contributed by atoms with van der Waals surface area (Å²) in [4.78, 5) is 56.3. The Morgan fingerprint density at radius 1 is 1.10 bits per heavy atom. The standard InChI is InChI=1S/C28H31F2N5O4/c1-4-34-23(36)12-13-33(28(34)39)16-24(37)35-15-19(29)14-22(35)27(38)32-25(18-8-6-5-7-9-18)21-11-10-20(17(2)3)26(30)31-21/h5-13,17,19,22,25H,4,14-16H2,1-3H3,(H,32,38)/t19?,22?,25-/m0/s1. The summed E-state index contributed by atoms with van der Waals surface area (Å²) in [6, 6.07) is 11.3. The van der Waals surface area contributed by atoms with E-state index in [0.717, 1.165) is 14.0 Å². The minimum absolute atomic E-state index is 0.0833. The second kappa shape index (κ2) is 11.7. The maximum atomic E-state index is 14.8. The molecule has 1 fully saturated rings. The van der Waals surface area contributed by atoms with Crippen LogP contribution in [0.5, 0.6) is 0 Å². The molecule has 1 saturated heterocycles. The predicted octanol–water partition coefficient (Wildman–Crippen LogP) is 2.53. The molecule has 9 nitrogen and oxygen atoms in total. The number of nitrogens with one attached hydrogen (secondary N) is 1. The lowest BCUT2D eigenvalue weighted by atomic mass is 9.99. The minimum Gasteiger partial charge on any atom is -0.342 e. The Kier molecular flexibility index (Phi) is 8.37. The van der Waals surface area contributed by atoms with E-state index >= 15 is 0 Å². The zero-order chi connectivity index (χ0) is 28.3. The van der Waals surface area contributed by atoms with Gasteiger partial charge in [-0.15, -0.1) is 0 Å². The van der Waals surface area contributed by atoms with Crippen LogP contribution in [0.3, 0.4) is 0 Å². The lowest BCUT2D eigenvalue weighted by Crippen LogP contribution is -2.49. The Morgan fingerprint density at radius 2 is 1.82 bits per heavy atom. The molecule has 1 aliphatic heterocycles. The molecule has 3 aromatic rings. The van der Waals surface area contributed by atoms with Crippen LogP contribution in [0.15, 0.2) is 64.3 Å². The van der Waals surface area contributed by atoms with Gasteiger partial charge in [0.2, 0.25) is 17.8 Å². The van der Waals surface area contributed by atoms with Crippen LogP contribution in [0.25, 0.3) is 0 Å². The summed E-state index contributed by atoms with van der Waals surface area (Å²) in [5.74, 6) is -1.99. The number of aromatic nitrogens is 3. The molecule has 0 aliphatic carbocycles. The van der Waals surface area contributed by atoms with E-state index in [0.29, 0.717) is 11.1 Å². The molecular formula is C28H31F2N5O4. The third-order valence-corrected chi connectivity index (χ3v) is 6.87. The summed E-state index contributed by atoms with van der Waals surface area (Å²) < 4.78 is 31.4. The Labute approximate surface area is 224 Å². The van der Waals surface area contributed by atoms with E-state index in [2.05, 4.69) is 10.3 Å². The number of hydrogen-bond donors (Lipinski definition) is 1. The lowest BCUT2D eigenvalue weighted by molar-refractivity contribution is -0.139. The second-order valence-electron chi connectivity index (χ2n) is 9.83. The monoisotopic (exact) mass is 539 g/mol. The van der Waals surface area contributed by atoms with Gasteiger partial charge < -0.3 is 10.2 Å². The highest BCUT2D eigenvalue weighted by Crippen LogP contribution is 2.26. The number of alkyl halides is 1. The smallest absolute Gasteiger partial charge is 0.331 e. The number of carbonyl (C=O) groups is 2. The van der Waals surface area contributed by atoms with Crippen LogP contribution < -0.4 is 16.6 Å². The van der Waals surface area contributed by atoms with Crippen molar-refractivity contribution in [2.24, 2.45) is 0 Å². The summed E-state index contributed by atoms with van der Waals surface area (Å²) in [5.41, 5.74) is 0.173. The number of carbonyl (C=O) groups excluding carboxylic acids is 2. The summed E-state index contributed by atoms with van der Waals surface area (Å²) >= 11 is 0. The van der Waals surface area contributed by atoms with E-state index in [1.807, 2.05) is 13.8 Å². The van der Waals surface area contributed by atoms with E-state index in [-0.39, 0.29) is 31.1 Å². The Morgan fingerprint density at radius 3 is 2.46 bits per heavy atom. The Balaban J connectivity index is 1.60. The van der Waals surface area contributed by atoms with E-state index in [9.17, 15) is 28.0 Å². The van der Waals surface area contributed by atoms with Gasteiger partial charge in [0.25, 0.3) is 5.56 Å². The summed E-state index contributed by atoms with van der Waals surface area (Å²) in [5, 5.41) is 2.83. The van der Waals surface area contributed by atoms with Crippen molar-refractivity contribution < 1.29 is 18.4 Å². The van der Waals surface area contributed by atoms with Gasteiger partial charge in [-0.1, -0.05) is 50.2 Å². The van der Waals surface area contributed by atoms with E-state index in [1.165, 1.54) is 12.3 Å². The normalized spacial score (nSPS) is 17.8. The van der Waals surface area contributed by atoms with Crippen LogP contribution in [-0.4, -0.2) is 49.6 Å². The fraction of sp³-hybridized carbons (Fsp3) is 0.393. The van der Waals surface area contributed by atoms with Crippen molar-refractivity contribution in [1.82, 2.24) is 24.3 Å². The molecule has 1 N–H and O–H groups in total. The first-order chi connectivity index (χ1) is 18.6. The van der Waals surface area contributed by atoms with Gasteiger partial charge in [0.05, 0.1) is 18.3 Å². The highest BCUT2D eigenvalue weighted by Gasteiger charge is 2.40. The molecule has 0 bridgehead atoms. The molecule has 3 atom stereocenters. The molecule has 4 rings (SSSR count). The average Bonchev–Trinajstić information content (AvgIpc) is 3.31. The third kappa shape index (κ3) is 5.97. The number of amides is 2. The van der Waals surface area contributed by atoms with Crippen molar-refractivity contribution in [3.63, 3.8) is 0 Å². The summed E-state index contributed by atoms with van der Waals surface area (Å²) in [7, 11) is 0. The molecule has 2 aromatic heterocycles. The van der Waals surface area contributed by atoms with Gasteiger partial charge in [-0.05, 0) is 24.5 Å². The highest BCUT2D eigenvalue weighted by atomic mass is 19.1. The first kappa shape index (κ1) is 27.9. The Hall–Kier alpha value is -4.15. The van der Waals surface area contributed by atoms with Crippen molar-refractivity contribution >= 4 is 11.8 Å². The third-order valence-electron chi connectivity index (χ3n) is 6.87. The maximum Gasteiger partial charge on any atom is 0.331 e. The van der Waals surface area contributed by atoms with Crippen LogP contribution >= 0.6 is 0 Å². The first-order valence-corrected chi connectivity index (χ1v) is 12.9. The number of benzene rings is 1. The molecule has 0 radical (unpaired) electrons. The molecule has 39 heavy (non-hydrogen) atoms. The van der Waals surface area contributed by atoms with Crippen molar-refractivity contribution in [2.75, 3.05) is 6.54 Å². The first-order valence-electron chi connectivity index (χ1n) is 12.9. The average molecular weight is 540 g/mol. The topological polar surface area (TPSA) is 106 Å². The fourth-order valence-corrected chi connectivity index (χ4v) is 4.78. The molecule has 0 spiro atoms. The van der Waals surface area contributed by atoms with Crippen molar-refractivity contribution in [1.29, 1.82) is 0 Å². The molecule has 3 heterocycles. The van der Waals surface area contributed by atoms with Gasteiger partial charge in [-0.2, -0.15) is 4.39 Å². The van der Waals surface area contributed by atoms with Gasteiger partial charge >= 0.3 is 5.69 Å². The fourth-order valence-electron chi connectivity index (χ4n) is 4.78. The SMILES string of the molecule is CCn1c(=O)ccn(CC(=O)N2CC(F)CC2C(=O)N[C@@H](c2ccccc2)c2ccc(C(C)C)c(F)n2)c1=O. The molecule has 11 heteroatoms. The number of pyridine rings is 1. The van der Waals surface area contributed by atoms with Gasteiger partial charge in [-0.25, -0.2) is 14.2 Å². The number of hydrogen-bond acceptors (Lipinski definition) is 5. The van der Waals surface area contributed by atoms with E-state index in [4.69, 9.17) is 0 Å². The van der Waals surface area contributed by atoms with E-state index in [1.54, 1.807) is 49.4 Å². The van der Waals surface area contributed by atoms with Gasteiger partial charge in [0.1, 0.15) is 18.8 Å². The molecular weight excluding hydrogens is 508 g/mol. The second-order valence-corrected chi connectivity index (χ2v) is 9.83. The molecule has 1 aromatic carbocycles. The molecule has 0 saturated carbocycles. The van der Waals surface area contributed by atoms with Gasteiger partial charge in [-0.3, -0.25) is 23.5 Å². The lowest BCUT2D eigenvalue weighted by Gasteiger charge is -2.27. The number of rotatable bonds is 8. The van der Waals surface area contributed by atoms with Crippen LogP contribution in [-0.2, 0) is 22.7 Å². The largest absolute Gasteiger partial charge is 0.342 e. The quantitative estimate of drug-likeness (QED) is 0.443. The maximum absolute atomic E-state index is 14.8. The number of nitrogens with zero attached hydrogens (tertiary/aromatic N) is 4. The van der Waals surface area contributed by atoms with Crippen LogP contribution in [0, 0.1) is 5.95 Å². The zero-order valence-corrected chi connectivity index (χ0v) is 22.0. The van der Waals surface area contributed by atoms with Gasteiger partial charge in [0, 0.05) is 30.8 Å². The van der Waals surface area contributed by atoms with Crippen LogP contribution in [0.2, 0.25) is 0 Å². The summed E-state index contributed by atoms with van der Waals surface area (Å²) in [6.07, 6.45) is -0.461. The van der Waals surface area contributed by atoms with Crippen LogP contribution in [0.4, 0.5) is 8.78 Å². The molecule has 206 valence electrons. The number of likely N-dealkylation sites (tertiary alicyclic amines) is 1. The Bertz CT molecular complexity index is 1470. The van der Waals surface area contributed by atoms with Crippen molar-refractivity contribution in [3.05, 3.63) is 98.3 Å². The summed E-state index contributed by atoms with van der Waals surface area (Å²) in [6.45, 7) is 4.68. The minimum atomic E-state index is -1.44. The molecule has 2 amide bonds. The molecule has 1 aliphatic rings. The van der Waals surface area contributed by atoms with Crippen molar-refractivity contribution in [2.45, 2.75) is 64.5 Å². The van der Waals surface area contributed by atoms with Crippen molar-refractivity contribution in [3.8, 4) is 0 Å². The van der Waals surface area contributed by atoms with E-state index < -0.39 is 53.8 Å².